The minimum Gasteiger partial charge on any atom is -0.378 e. The number of nitrogens with one attached hydrogen (secondary N) is 1. The van der Waals surface area contributed by atoms with Crippen molar-refractivity contribution < 1.29 is 14.8 Å². The molecular weight excluding hydrogens is 362 g/mol. The molecule has 0 radical (unpaired) electrons. The molecule has 3 rings (SSSR count). The Bertz CT molecular complexity index is 755. The molecule has 0 unspecified atom stereocenters. The second kappa shape index (κ2) is 10.4. The van der Waals surface area contributed by atoms with Crippen LogP contribution in [-0.2, 0) is 9.53 Å². The highest BCUT2D eigenvalue weighted by molar-refractivity contribution is 5.93. The van der Waals surface area contributed by atoms with E-state index in [1.807, 2.05) is 25.1 Å². The van der Waals surface area contributed by atoms with E-state index in [4.69, 9.17) is 4.74 Å². The molecule has 0 aliphatic carbocycles. The molecule has 1 saturated heterocycles. The van der Waals surface area contributed by atoms with Crippen LogP contribution in [0.25, 0.3) is 0 Å². The van der Waals surface area contributed by atoms with Gasteiger partial charge in [0.1, 0.15) is 6.04 Å². The van der Waals surface area contributed by atoms with Gasteiger partial charge in [-0.25, -0.2) is 0 Å². The molecule has 156 valence electrons. The van der Waals surface area contributed by atoms with Gasteiger partial charge in [0.2, 0.25) is 0 Å². The molecule has 1 heterocycles. The number of hydrogen-bond acceptors (Lipinski definition) is 3. The Balaban J connectivity index is 1.58. The van der Waals surface area contributed by atoms with E-state index in [9.17, 15) is 4.79 Å². The van der Waals surface area contributed by atoms with Crippen molar-refractivity contribution >= 4 is 17.3 Å². The monoisotopic (exact) mass is 396 g/mol. The summed E-state index contributed by atoms with van der Waals surface area (Å²) in [6, 6.07) is 18.7. The van der Waals surface area contributed by atoms with E-state index in [1.165, 1.54) is 11.3 Å². The first-order chi connectivity index (χ1) is 14.0. The third-order valence-corrected chi connectivity index (χ3v) is 5.40. The van der Waals surface area contributed by atoms with Gasteiger partial charge in [-0.3, -0.25) is 4.79 Å². The fourth-order valence-electron chi connectivity index (χ4n) is 3.80. The Hall–Kier alpha value is -2.37. The molecule has 2 aromatic rings. The molecule has 0 aromatic heterocycles. The number of carbonyl (C=O) groups excluding carboxylic acids is 1. The van der Waals surface area contributed by atoms with Crippen LogP contribution in [0.5, 0.6) is 0 Å². The summed E-state index contributed by atoms with van der Waals surface area (Å²) in [4.78, 5) is 15.1. The van der Waals surface area contributed by atoms with Crippen molar-refractivity contribution in [2.45, 2.75) is 39.3 Å². The molecule has 1 amide bonds. The Morgan fingerprint density at radius 2 is 1.69 bits per heavy atom. The van der Waals surface area contributed by atoms with E-state index in [2.05, 4.69) is 65.8 Å². The predicted octanol–water partition coefficient (Wildman–Crippen LogP) is 3.20. The van der Waals surface area contributed by atoms with Crippen molar-refractivity contribution in [3.63, 3.8) is 0 Å². The van der Waals surface area contributed by atoms with Gasteiger partial charge >= 0.3 is 0 Å². The number of amides is 1. The number of rotatable bonds is 8. The smallest absolute Gasteiger partial charge is 0.282 e. The molecule has 3 N–H and O–H groups in total. The zero-order chi connectivity index (χ0) is 20.6. The summed E-state index contributed by atoms with van der Waals surface area (Å²) in [5.74, 6) is 0.605. The van der Waals surface area contributed by atoms with Crippen molar-refractivity contribution in [1.29, 1.82) is 0 Å². The molecule has 2 aromatic carbocycles. The molecule has 1 fully saturated rings. The Morgan fingerprint density at radius 1 is 1.03 bits per heavy atom. The number of quaternary nitrogens is 1. The number of nitrogens with two attached hydrogens (primary N) is 1. The van der Waals surface area contributed by atoms with E-state index >= 15 is 0 Å². The first kappa shape index (κ1) is 21.3. The van der Waals surface area contributed by atoms with E-state index < -0.39 is 0 Å². The molecule has 0 saturated carbocycles. The van der Waals surface area contributed by atoms with Gasteiger partial charge in [-0.1, -0.05) is 44.2 Å². The molecular formula is C24H34N3O2+. The highest BCUT2D eigenvalue weighted by Gasteiger charge is 2.24. The first-order valence-electron chi connectivity index (χ1n) is 10.7. The standard InChI is InChI=1S/C24H33N3O2/c1-18(2)17-23(20-7-5-4-6-8-20)25-19(3)24(28)26-21-9-11-22(12-10-21)27-13-15-29-16-14-27/h4-12,18-19,23,25H,13-17H2,1-3H3,(H,26,28)/p+1/t19-,23+/m0/s1. The van der Waals surface area contributed by atoms with Gasteiger partial charge in [0, 0.05) is 36.4 Å². The number of hydrogen-bond donors (Lipinski definition) is 2. The summed E-state index contributed by atoms with van der Waals surface area (Å²) in [5, 5.41) is 5.26. The van der Waals surface area contributed by atoms with E-state index in [0.717, 1.165) is 38.4 Å². The fourth-order valence-corrected chi connectivity index (χ4v) is 3.80. The molecule has 2 atom stereocenters. The van der Waals surface area contributed by atoms with Crippen LogP contribution in [0.15, 0.2) is 54.6 Å². The summed E-state index contributed by atoms with van der Waals surface area (Å²) in [5.41, 5.74) is 3.29. The van der Waals surface area contributed by atoms with Crippen LogP contribution in [0, 0.1) is 5.92 Å². The Labute approximate surface area is 174 Å². The normalized spacial score (nSPS) is 16.5. The van der Waals surface area contributed by atoms with Crippen LogP contribution in [-0.4, -0.2) is 38.3 Å². The third kappa shape index (κ3) is 6.31. The van der Waals surface area contributed by atoms with Gasteiger partial charge in [0.25, 0.3) is 5.91 Å². The van der Waals surface area contributed by atoms with Gasteiger partial charge in [-0.15, -0.1) is 0 Å². The van der Waals surface area contributed by atoms with Crippen molar-refractivity contribution in [1.82, 2.24) is 0 Å². The van der Waals surface area contributed by atoms with Crippen LogP contribution in [0.3, 0.4) is 0 Å². The number of anilines is 2. The van der Waals surface area contributed by atoms with Crippen molar-refractivity contribution in [3.05, 3.63) is 60.2 Å². The third-order valence-electron chi connectivity index (χ3n) is 5.40. The minimum absolute atomic E-state index is 0.0359. The average Bonchev–Trinajstić information content (AvgIpc) is 2.74. The number of morpholine rings is 1. The van der Waals surface area contributed by atoms with Crippen LogP contribution in [0.1, 0.15) is 38.8 Å². The van der Waals surface area contributed by atoms with E-state index in [0.29, 0.717) is 5.92 Å². The average molecular weight is 397 g/mol. The maximum atomic E-state index is 12.8. The molecule has 5 heteroatoms. The second-order valence-electron chi connectivity index (χ2n) is 8.26. The van der Waals surface area contributed by atoms with E-state index in [-0.39, 0.29) is 18.0 Å². The summed E-state index contributed by atoms with van der Waals surface area (Å²) in [6.07, 6.45) is 1.04. The lowest BCUT2D eigenvalue weighted by molar-refractivity contribution is -0.714. The van der Waals surface area contributed by atoms with Crippen LogP contribution in [0.4, 0.5) is 11.4 Å². The molecule has 0 spiro atoms. The maximum absolute atomic E-state index is 12.8. The number of nitrogens with zero attached hydrogens (tertiary/aromatic N) is 1. The lowest BCUT2D eigenvalue weighted by Crippen LogP contribution is -2.92. The van der Waals surface area contributed by atoms with Crippen LogP contribution in [0.2, 0.25) is 0 Å². The lowest BCUT2D eigenvalue weighted by atomic mass is 9.96. The number of benzene rings is 2. The van der Waals surface area contributed by atoms with Gasteiger partial charge in [0.05, 0.1) is 13.2 Å². The van der Waals surface area contributed by atoms with Crippen molar-refractivity contribution in [2.75, 3.05) is 36.5 Å². The van der Waals surface area contributed by atoms with Crippen LogP contribution >= 0.6 is 0 Å². The minimum atomic E-state index is -0.169. The maximum Gasteiger partial charge on any atom is 0.282 e. The molecule has 1 aliphatic rings. The zero-order valence-electron chi connectivity index (χ0n) is 17.8. The second-order valence-corrected chi connectivity index (χ2v) is 8.26. The molecule has 1 aliphatic heterocycles. The number of ether oxygens (including phenoxy) is 1. The van der Waals surface area contributed by atoms with Gasteiger partial charge < -0.3 is 20.3 Å². The predicted molar refractivity (Wildman–Crippen MR) is 118 cm³/mol. The molecule has 5 nitrogen and oxygen atoms in total. The van der Waals surface area contributed by atoms with Crippen molar-refractivity contribution in [3.8, 4) is 0 Å². The van der Waals surface area contributed by atoms with Crippen LogP contribution < -0.4 is 15.5 Å². The quantitative estimate of drug-likeness (QED) is 0.720. The van der Waals surface area contributed by atoms with Gasteiger partial charge in [-0.2, -0.15) is 0 Å². The Morgan fingerprint density at radius 3 is 2.31 bits per heavy atom. The summed E-state index contributed by atoms with van der Waals surface area (Å²) >= 11 is 0. The van der Waals surface area contributed by atoms with E-state index in [1.54, 1.807) is 0 Å². The van der Waals surface area contributed by atoms with Crippen molar-refractivity contribution in [2.24, 2.45) is 5.92 Å². The summed E-state index contributed by atoms with van der Waals surface area (Å²) in [7, 11) is 0. The van der Waals surface area contributed by atoms with Gasteiger partial charge in [-0.05, 0) is 37.1 Å². The lowest BCUT2D eigenvalue weighted by Gasteiger charge is -2.29. The highest BCUT2D eigenvalue weighted by atomic mass is 16.5. The topological polar surface area (TPSA) is 58.2 Å². The Kier molecular flexibility index (Phi) is 7.67. The first-order valence-corrected chi connectivity index (χ1v) is 10.7. The fraction of sp³-hybridized carbons (Fsp3) is 0.458. The molecule has 29 heavy (non-hydrogen) atoms. The summed E-state index contributed by atoms with van der Waals surface area (Å²) < 4.78 is 5.41. The zero-order valence-corrected chi connectivity index (χ0v) is 17.8. The SMILES string of the molecule is CC(C)C[C@@H]([NH2+][C@@H](C)C(=O)Nc1ccc(N2CCOCC2)cc1)c1ccccc1. The largest absolute Gasteiger partial charge is 0.378 e. The molecule has 0 bridgehead atoms. The highest BCUT2D eigenvalue weighted by Crippen LogP contribution is 2.20. The van der Waals surface area contributed by atoms with Gasteiger partial charge in [0.15, 0.2) is 6.04 Å². The summed E-state index contributed by atoms with van der Waals surface area (Å²) in [6.45, 7) is 9.79. The number of carbonyl (C=O) groups is 1.